The summed E-state index contributed by atoms with van der Waals surface area (Å²) in [5.41, 5.74) is 1.57. The first-order valence-electron chi connectivity index (χ1n) is 14.1. The minimum Gasteiger partial charge on any atom is -0.342 e. The van der Waals surface area contributed by atoms with Crippen molar-refractivity contribution in [1.82, 2.24) is 28.9 Å². The molecule has 1 aliphatic rings. The number of amides is 1. The smallest absolute Gasteiger partial charge is 0.333 e. The van der Waals surface area contributed by atoms with E-state index >= 15 is 0 Å². The molecule has 10 nitrogen and oxygen atoms in total. The maximum absolute atomic E-state index is 14.2. The third-order valence-electron chi connectivity index (χ3n) is 7.49. The Bertz CT molecular complexity index is 1560. The number of carbonyl (C=O) groups is 1. The third-order valence-corrected chi connectivity index (χ3v) is 7.49. The van der Waals surface area contributed by atoms with Gasteiger partial charge in [-0.05, 0) is 37.9 Å². The number of fused-ring (bicyclic) bond motifs is 1. The maximum atomic E-state index is 14.2. The number of hydrogen-bond donors (Lipinski definition) is 1. The van der Waals surface area contributed by atoms with Crippen LogP contribution < -0.4 is 21.5 Å². The molecule has 1 aliphatic heterocycles. The zero-order valence-corrected chi connectivity index (χ0v) is 23.3. The molecule has 0 atom stereocenters. The van der Waals surface area contributed by atoms with Crippen molar-refractivity contribution in [2.24, 2.45) is 0 Å². The van der Waals surface area contributed by atoms with Crippen LogP contribution in [-0.4, -0.2) is 68.8 Å². The second-order valence-electron chi connectivity index (χ2n) is 10.1. The summed E-state index contributed by atoms with van der Waals surface area (Å²) in [6, 6.07) is 19.6. The number of nitrogens with one attached hydrogen (secondary N) is 1. The van der Waals surface area contributed by atoms with E-state index in [1.54, 1.807) is 9.47 Å². The van der Waals surface area contributed by atoms with E-state index in [9.17, 15) is 14.4 Å². The van der Waals surface area contributed by atoms with Crippen molar-refractivity contribution < 1.29 is 4.79 Å². The van der Waals surface area contributed by atoms with Gasteiger partial charge >= 0.3 is 5.69 Å². The van der Waals surface area contributed by atoms with Gasteiger partial charge in [0, 0.05) is 32.7 Å². The summed E-state index contributed by atoms with van der Waals surface area (Å²) >= 11 is 0. The average molecular weight is 544 g/mol. The van der Waals surface area contributed by atoms with Crippen molar-refractivity contribution in [3.63, 3.8) is 0 Å². The molecule has 4 aromatic rings. The first-order valence-corrected chi connectivity index (χ1v) is 14.1. The second kappa shape index (κ2) is 12.3. The maximum Gasteiger partial charge on any atom is 0.333 e. The number of hydrogen-bond acceptors (Lipinski definition) is 6. The Hall–Kier alpha value is -4.18. The van der Waals surface area contributed by atoms with Crippen LogP contribution >= 0.6 is 0 Å². The summed E-state index contributed by atoms with van der Waals surface area (Å²) in [6.07, 6.45) is 0.938. The number of carbonyl (C=O) groups excluding carboxylic acids is 1. The van der Waals surface area contributed by atoms with Gasteiger partial charge in [0.25, 0.3) is 5.56 Å². The van der Waals surface area contributed by atoms with Gasteiger partial charge in [-0.1, -0.05) is 60.7 Å². The highest BCUT2D eigenvalue weighted by Crippen LogP contribution is 2.23. The molecule has 10 heteroatoms. The highest BCUT2D eigenvalue weighted by Gasteiger charge is 2.26. The van der Waals surface area contributed by atoms with Crippen molar-refractivity contribution in [3.05, 3.63) is 92.6 Å². The Kier molecular flexibility index (Phi) is 8.45. The molecule has 0 unspecified atom stereocenters. The van der Waals surface area contributed by atoms with Crippen LogP contribution in [0.2, 0.25) is 0 Å². The van der Waals surface area contributed by atoms with Crippen LogP contribution in [0, 0.1) is 0 Å². The number of rotatable bonds is 9. The van der Waals surface area contributed by atoms with Gasteiger partial charge in [-0.25, -0.2) is 9.36 Å². The lowest BCUT2D eigenvalue weighted by molar-refractivity contribution is -0.131. The van der Waals surface area contributed by atoms with Gasteiger partial charge in [-0.2, -0.15) is 4.98 Å². The molecule has 2 aromatic carbocycles. The van der Waals surface area contributed by atoms with Crippen LogP contribution in [0.5, 0.6) is 0 Å². The van der Waals surface area contributed by atoms with E-state index in [1.165, 1.54) is 0 Å². The molecule has 5 rings (SSSR count). The van der Waals surface area contributed by atoms with Gasteiger partial charge in [-0.15, -0.1) is 0 Å². The van der Waals surface area contributed by atoms with Gasteiger partial charge in [0.1, 0.15) is 6.54 Å². The second-order valence-corrected chi connectivity index (χ2v) is 10.1. The summed E-state index contributed by atoms with van der Waals surface area (Å²) in [4.78, 5) is 50.0. The van der Waals surface area contributed by atoms with Gasteiger partial charge in [-0.3, -0.25) is 18.7 Å². The van der Waals surface area contributed by atoms with Crippen molar-refractivity contribution in [2.75, 3.05) is 44.2 Å². The van der Waals surface area contributed by atoms with E-state index in [2.05, 4.69) is 10.2 Å². The van der Waals surface area contributed by atoms with Gasteiger partial charge in [0.05, 0.1) is 13.1 Å². The van der Waals surface area contributed by atoms with E-state index in [0.29, 0.717) is 36.7 Å². The lowest BCUT2D eigenvalue weighted by Crippen LogP contribution is -2.45. The summed E-state index contributed by atoms with van der Waals surface area (Å²) in [5, 5.41) is 3.42. The Labute approximate surface area is 233 Å². The molecule has 1 saturated heterocycles. The molecule has 0 aliphatic carbocycles. The Morgan fingerprint density at radius 1 is 0.850 bits per heavy atom. The SMILES string of the molecule is CCN(CC)C(=O)Cn1c(=O)c2c(nc(N3CCCNCC3)n2Cc2ccccc2)n(Cc2ccccc2)c1=O. The standard InChI is InChI=1S/C30H37N7O3/c1-3-33(4-2)25(38)22-37-28(39)26-27(36(30(37)40)21-24-14-9-6-10-15-24)32-29(34-18-11-16-31-17-19-34)35(26)20-23-12-7-5-8-13-23/h5-10,12-15,31H,3-4,11,16-22H2,1-2H3. The molecule has 210 valence electrons. The fourth-order valence-electron chi connectivity index (χ4n) is 5.34. The quantitative estimate of drug-likeness (QED) is 0.347. The molecule has 0 radical (unpaired) electrons. The van der Waals surface area contributed by atoms with E-state index < -0.39 is 11.2 Å². The predicted molar refractivity (Wildman–Crippen MR) is 157 cm³/mol. The van der Waals surface area contributed by atoms with Gasteiger partial charge in [0.2, 0.25) is 11.9 Å². The molecule has 2 aromatic heterocycles. The Morgan fingerprint density at radius 2 is 1.48 bits per heavy atom. The molecular weight excluding hydrogens is 506 g/mol. The lowest BCUT2D eigenvalue weighted by Gasteiger charge is -2.22. The molecule has 1 amide bonds. The highest BCUT2D eigenvalue weighted by molar-refractivity contribution is 5.78. The van der Waals surface area contributed by atoms with Crippen LogP contribution in [0.15, 0.2) is 70.3 Å². The van der Waals surface area contributed by atoms with Crippen molar-refractivity contribution >= 4 is 23.0 Å². The molecule has 0 saturated carbocycles. The lowest BCUT2D eigenvalue weighted by atomic mass is 10.2. The molecule has 0 bridgehead atoms. The predicted octanol–water partition coefficient (Wildman–Crippen LogP) is 2.12. The Morgan fingerprint density at radius 3 is 2.10 bits per heavy atom. The minimum absolute atomic E-state index is 0.235. The summed E-state index contributed by atoms with van der Waals surface area (Å²) in [6.45, 7) is 8.34. The van der Waals surface area contributed by atoms with E-state index in [-0.39, 0.29) is 19.0 Å². The third kappa shape index (κ3) is 5.58. The minimum atomic E-state index is -0.532. The summed E-state index contributed by atoms with van der Waals surface area (Å²) < 4.78 is 4.56. The topological polar surface area (TPSA) is 97.4 Å². The normalized spacial score (nSPS) is 13.9. The fraction of sp³-hybridized carbons (Fsp3) is 0.400. The first-order chi connectivity index (χ1) is 19.5. The molecule has 0 spiro atoms. The van der Waals surface area contributed by atoms with Crippen LogP contribution in [-0.2, 0) is 24.4 Å². The number of aromatic nitrogens is 4. The first kappa shape index (κ1) is 27.4. The fourth-order valence-corrected chi connectivity index (χ4v) is 5.34. The average Bonchev–Trinajstić information content (AvgIpc) is 3.14. The van der Waals surface area contributed by atoms with Crippen LogP contribution in [0.4, 0.5) is 5.95 Å². The van der Waals surface area contributed by atoms with Crippen molar-refractivity contribution in [1.29, 1.82) is 0 Å². The molecule has 1 fully saturated rings. The van der Waals surface area contributed by atoms with Crippen molar-refractivity contribution in [2.45, 2.75) is 39.9 Å². The zero-order chi connectivity index (χ0) is 28.1. The summed E-state index contributed by atoms with van der Waals surface area (Å²) in [5.74, 6) is 0.399. The monoisotopic (exact) mass is 543 g/mol. The molecule has 3 heterocycles. The van der Waals surface area contributed by atoms with E-state index in [4.69, 9.17) is 4.98 Å². The molecule has 1 N–H and O–H groups in total. The van der Waals surface area contributed by atoms with Crippen LogP contribution in [0.1, 0.15) is 31.4 Å². The number of likely N-dealkylation sites (N-methyl/N-ethyl adjacent to an activating group) is 1. The molecule has 40 heavy (non-hydrogen) atoms. The van der Waals surface area contributed by atoms with Gasteiger partial charge in [0.15, 0.2) is 11.2 Å². The van der Waals surface area contributed by atoms with E-state index in [1.807, 2.05) is 79.1 Å². The zero-order valence-electron chi connectivity index (χ0n) is 23.3. The Balaban J connectivity index is 1.76. The number of nitrogens with zero attached hydrogens (tertiary/aromatic N) is 6. The molecular formula is C30H37N7O3. The van der Waals surface area contributed by atoms with E-state index in [0.717, 1.165) is 48.3 Å². The van der Waals surface area contributed by atoms with Crippen LogP contribution in [0.25, 0.3) is 11.2 Å². The van der Waals surface area contributed by atoms with Gasteiger partial charge < -0.3 is 15.1 Å². The number of imidazole rings is 1. The largest absolute Gasteiger partial charge is 0.342 e. The number of anilines is 1. The highest BCUT2D eigenvalue weighted by atomic mass is 16.2. The summed E-state index contributed by atoms with van der Waals surface area (Å²) in [7, 11) is 0. The number of benzene rings is 2. The van der Waals surface area contributed by atoms with Crippen molar-refractivity contribution in [3.8, 4) is 0 Å². The van der Waals surface area contributed by atoms with Crippen LogP contribution in [0.3, 0.4) is 0 Å².